The minimum Gasteiger partial charge on any atom is -0.494 e. The SMILES string of the molecule is COc1ccc(C(C)NC(C)CS(C)(=O)=O)cc1F. The summed E-state index contributed by atoms with van der Waals surface area (Å²) in [6.07, 6.45) is 1.20. The predicted octanol–water partition coefficient (Wildman–Crippen LogP) is 1.92. The summed E-state index contributed by atoms with van der Waals surface area (Å²) in [5.41, 5.74) is 0.749. The number of sulfone groups is 1. The monoisotopic (exact) mass is 289 g/mol. The van der Waals surface area contributed by atoms with Crippen LogP contribution in [-0.2, 0) is 9.84 Å². The van der Waals surface area contributed by atoms with E-state index in [1.54, 1.807) is 19.1 Å². The largest absolute Gasteiger partial charge is 0.494 e. The molecular formula is C13H20FNO3S. The Kier molecular flexibility index (Phi) is 5.31. The van der Waals surface area contributed by atoms with Crippen LogP contribution in [0, 0.1) is 5.82 Å². The van der Waals surface area contributed by atoms with Gasteiger partial charge in [0.2, 0.25) is 0 Å². The maximum absolute atomic E-state index is 13.6. The molecule has 0 saturated carbocycles. The molecule has 108 valence electrons. The molecule has 6 heteroatoms. The van der Waals surface area contributed by atoms with E-state index in [0.29, 0.717) is 0 Å². The van der Waals surface area contributed by atoms with Crippen molar-refractivity contribution in [3.8, 4) is 5.75 Å². The Morgan fingerprint density at radius 3 is 2.47 bits per heavy atom. The summed E-state index contributed by atoms with van der Waals surface area (Å²) in [6, 6.07) is 4.37. The fourth-order valence-corrected chi connectivity index (χ4v) is 2.98. The Labute approximate surface area is 113 Å². The maximum atomic E-state index is 13.6. The van der Waals surface area contributed by atoms with Gasteiger partial charge in [0, 0.05) is 18.3 Å². The first-order chi connectivity index (χ1) is 8.73. The standard InChI is InChI=1S/C13H20FNO3S/c1-9(8-19(4,16)17)15-10(2)11-5-6-13(18-3)12(14)7-11/h5-7,9-10,15H,8H2,1-4H3. The second kappa shape index (κ2) is 6.34. The van der Waals surface area contributed by atoms with Crippen molar-refractivity contribution in [2.45, 2.75) is 25.9 Å². The second-order valence-electron chi connectivity index (χ2n) is 4.78. The predicted molar refractivity (Wildman–Crippen MR) is 73.7 cm³/mol. The van der Waals surface area contributed by atoms with E-state index in [2.05, 4.69) is 5.32 Å². The van der Waals surface area contributed by atoms with Gasteiger partial charge in [-0.3, -0.25) is 0 Å². The molecule has 4 nitrogen and oxygen atoms in total. The van der Waals surface area contributed by atoms with Gasteiger partial charge in [-0.1, -0.05) is 6.07 Å². The van der Waals surface area contributed by atoms with Gasteiger partial charge < -0.3 is 10.1 Å². The number of methoxy groups -OCH3 is 1. The van der Waals surface area contributed by atoms with Crippen LogP contribution in [0.15, 0.2) is 18.2 Å². The lowest BCUT2D eigenvalue weighted by atomic mass is 10.1. The summed E-state index contributed by atoms with van der Waals surface area (Å²) >= 11 is 0. The third-order valence-electron chi connectivity index (χ3n) is 2.76. The van der Waals surface area contributed by atoms with Gasteiger partial charge in [0.05, 0.1) is 12.9 Å². The van der Waals surface area contributed by atoms with Crippen LogP contribution in [-0.4, -0.2) is 33.6 Å². The van der Waals surface area contributed by atoms with Crippen LogP contribution in [0.2, 0.25) is 0 Å². The Hall–Kier alpha value is -1.14. The van der Waals surface area contributed by atoms with Gasteiger partial charge in [-0.25, -0.2) is 12.8 Å². The molecule has 0 aliphatic rings. The molecule has 1 N–H and O–H groups in total. The molecular weight excluding hydrogens is 269 g/mol. The highest BCUT2D eigenvalue weighted by Crippen LogP contribution is 2.21. The number of halogens is 1. The summed E-state index contributed by atoms with van der Waals surface area (Å²) < 4.78 is 40.8. The summed E-state index contributed by atoms with van der Waals surface area (Å²) in [5.74, 6) is -0.180. The molecule has 0 saturated heterocycles. The second-order valence-corrected chi connectivity index (χ2v) is 6.96. The zero-order chi connectivity index (χ0) is 14.6. The quantitative estimate of drug-likeness (QED) is 0.869. The van der Waals surface area contributed by atoms with Gasteiger partial charge in [0.1, 0.15) is 9.84 Å². The first kappa shape index (κ1) is 15.9. The highest BCUT2D eigenvalue weighted by Gasteiger charge is 2.15. The maximum Gasteiger partial charge on any atom is 0.165 e. The van der Waals surface area contributed by atoms with Crippen molar-refractivity contribution in [3.05, 3.63) is 29.6 Å². The smallest absolute Gasteiger partial charge is 0.165 e. The molecule has 0 spiro atoms. The number of hydrogen-bond donors (Lipinski definition) is 1. The summed E-state index contributed by atoms with van der Waals surface area (Å²) in [7, 11) is -1.62. The lowest BCUT2D eigenvalue weighted by Gasteiger charge is -2.20. The van der Waals surface area contributed by atoms with E-state index in [0.717, 1.165) is 5.56 Å². The molecule has 1 aromatic carbocycles. The zero-order valence-electron chi connectivity index (χ0n) is 11.6. The number of hydrogen-bond acceptors (Lipinski definition) is 4. The highest BCUT2D eigenvalue weighted by atomic mass is 32.2. The molecule has 0 aliphatic carbocycles. The zero-order valence-corrected chi connectivity index (χ0v) is 12.4. The number of benzene rings is 1. The number of ether oxygens (including phenoxy) is 1. The molecule has 0 fully saturated rings. The molecule has 1 rings (SSSR count). The van der Waals surface area contributed by atoms with Crippen LogP contribution in [0.25, 0.3) is 0 Å². The van der Waals surface area contributed by atoms with Gasteiger partial charge in [0.25, 0.3) is 0 Å². The summed E-state index contributed by atoms with van der Waals surface area (Å²) in [6.45, 7) is 3.65. The van der Waals surface area contributed by atoms with E-state index >= 15 is 0 Å². The highest BCUT2D eigenvalue weighted by molar-refractivity contribution is 7.90. The fraction of sp³-hybridized carbons (Fsp3) is 0.538. The van der Waals surface area contributed by atoms with E-state index in [9.17, 15) is 12.8 Å². The van der Waals surface area contributed by atoms with Crippen LogP contribution in [0.5, 0.6) is 5.75 Å². The van der Waals surface area contributed by atoms with Gasteiger partial charge in [-0.05, 0) is 31.5 Å². The lowest BCUT2D eigenvalue weighted by molar-refractivity contribution is 0.385. The Balaban J connectivity index is 2.73. The average molecular weight is 289 g/mol. The Morgan fingerprint density at radius 1 is 1.37 bits per heavy atom. The van der Waals surface area contributed by atoms with Crippen molar-refractivity contribution in [2.24, 2.45) is 0 Å². The van der Waals surface area contributed by atoms with Crippen LogP contribution in [0.1, 0.15) is 25.5 Å². The Bertz CT molecular complexity index is 531. The van der Waals surface area contributed by atoms with E-state index in [-0.39, 0.29) is 23.6 Å². The van der Waals surface area contributed by atoms with Crippen molar-refractivity contribution in [2.75, 3.05) is 19.1 Å². The third kappa shape index (κ3) is 5.16. The van der Waals surface area contributed by atoms with Crippen molar-refractivity contribution in [1.82, 2.24) is 5.32 Å². The minimum atomic E-state index is -3.03. The molecule has 0 amide bonds. The molecule has 19 heavy (non-hydrogen) atoms. The molecule has 1 aromatic rings. The van der Waals surface area contributed by atoms with Crippen LogP contribution >= 0.6 is 0 Å². The molecule has 0 bridgehead atoms. The molecule has 0 aliphatic heterocycles. The first-order valence-corrected chi connectivity index (χ1v) is 8.06. The van der Waals surface area contributed by atoms with Gasteiger partial charge >= 0.3 is 0 Å². The summed E-state index contributed by atoms with van der Waals surface area (Å²) in [5, 5.41) is 3.13. The van der Waals surface area contributed by atoms with E-state index in [1.165, 1.54) is 19.4 Å². The Morgan fingerprint density at radius 2 is 2.00 bits per heavy atom. The lowest BCUT2D eigenvalue weighted by Crippen LogP contribution is -2.34. The number of rotatable bonds is 6. The minimum absolute atomic E-state index is 0.0516. The van der Waals surface area contributed by atoms with Gasteiger partial charge in [0.15, 0.2) is 11.6 Å². The summed E-state index contributed by atoms with van der Waals surface area (Å²) in [4.78, 5) is 0. The topological polar surface area (TPSA) is 55.4 Å². The molecule has 0 heterocycles. The van der Waals surface area contributed by atoms with Gasteiger partial charge in [-0.15, -0.1) is 0 Å². The van der Waals surface area contributed by atoms with Crippen LogP contribution in [0.4, 0.5) is 4.39 Å². The molecule has 2 atom stereocenters. The van der Waals surface area contributed by atoms with Gasteiger partial charge in [-0.2, -0.15) is 0 Å². The molecule has 0 aromatic heterocycles. The van der Waals surface area contributed by atoms with Crippen molar-refractivity contribution < 1.29 is 17.5 Å². The molecule has 0 radical (unpaired) electrons. The van der Waals surface area contributed by atoms with Crippen LogP contribution in [0.3, 0.4) is 0 Å². The van der Waals surface area contributed by atoms with Crippen molar-refractivity contribution >= 4 is 9.84 Å². The van der Waals surface area contributed by atoms with Crippen molar-refractivity contribution in [3.63, 3.8) is 0 Å². The van der Waals surface area contributed by atoms with E-state index in [4.69, 9.17) is 4.74 Å². The third-order valence-corrected chi connectivity index (χ3v) is 3.87. The van der Waals surface area contributed by atoms with E-state index in [1.807, 2.05) is 6.92 Å². The molecule has 2 unspecified atom stereocenters. The van der Waals surface area contributed by atoms with Crippen molar-refractivity contribution in [1.29, 1.82) is 0 Å². The van der Waals surface area contributed by atoms with E-state index < -0.39 is 15.7 Å². The first-order valence-electron chi connectivity index (χ1n) is 6.00. The van der Waals surface area contributed by atoms with Crippen LogP contribution < -0.4 is 10.1 Å². The fourth-order valence-electron chi connectivity index (χ4n) is 1.98. The average Bonchev–Trinajstić information content (AvgIpc) is 2.26. The number of nitrogens with one attached hydrogen (secondary N) is 1. The normalized spacial score (nSPS) is 15.0.